The fourth-order valence-electron chi connectivity index (χ4n) is 4.82. The number of piperidine rings is 1. The normalized spacial score (nSPS) is 14.3. The molecule has 4 rings (SSSR count). The smallest absolute Gasteiger partial charge is 0.410 e. The van der Waals surface area contributed by atoms with Crippen LogP contribution in [0.3, 0.4) is 0 Å². The van der Waals surface area contributed by atoms with Gasteiger partial charge in [0.05, 0.1) is 18.4 Å². The van der Waals surface area contributed by atoms with Crippen molar-refractivity contribution in [1.29, 1.82) is 0 Å². The summed E-state index contributed by atoms with van der Waals surface area (Å²) in [4.78, 5) is 36.2. The molecular formula is C30H40N4O5S. The number of fused-ring (bicyclic) bond motifs is 1. The summed E-state index contributed by atoms with van der Waals surface area (Å²) in [5.74, 6) is 0.817. The molecule has 0 unspecified atom stereocenters. The summed E-state index contributed by atoms with van der Waals surface area (Å²) in [5, 5.41) is 0.609. The monoisotopic (exact) mass is 568 g/mol. The lowest BCUT2D eigenvalue weighted by atomic mass is 9.89. The molecule has 0 aliphatic carbocycles. The van der Waals surface area contributed by atoms with E-state index in [0.717, 1.165) is 35.3 Å². The van der Waals surface area contributed by atoms with Crippen LogP contribution in [-0.4, -0.2) is 82.0 Å². The maximum Gasteiger partial charge on any atom is 0.410 e. The number of methoxy groups -OCH3 is 2. The number of anilines is 2. The topological polar surface area (TPSA) is 84.4 Å². The predicted octanol–water partition coefficient (Wildman–Crippen LogP) is 5.78. The molecule has 0 atom stereocenters. The lowest BCUT2D eigenvalue weighted by Gasteiger charge is -2.33. The van der Waals surface area contributed by atoms with Crippen LogP contribution in [0.4, 0.5) is 15.6 Å². The van der Waals surface area contributed by atoms with E-state index in [2.05, 4.69) is 11.0 Å². The number of carbonyl (C=O) groups excluding carboxylic acids is 2. The van der Waals surface area contributed by atoms with Crippen molar-refractivity contribution in [3.05, 3.63) is 47.5 Å². The minimum absolute atomic E-state index is 0.128. The van der Waals surface area contributed by atoms with Gasteiger partial charge in [-0.2, -0.15) is 0 Å². The number of amides is 2. The van der Waals surface area contributed by atoms with E-state index in [1.807, 2.05) is 58.2 Å². The number of aromatic nitrogens is 1. The first-order chi connectivity index (χ1) is 19.0. The first kappa shape index (κ1) is 29.6. The summed E-state index contributed by atoms with van der Waals surface area (Å²) in [6, 6.07) is 11.6. The molecule has 3 aromatic rings. The van der Waals surface area contributed by atoms with Crippen molar-refractivity contribution in [2.45, 2.75) is 45.1 Å². The van der Waals surface area contributed by atoms with E-state index in [0.29, 0.717) is 36.1 Å². The van der Waals surface area contributed by atoms with Gasteiger partial charge in [-0.3, -0.25) is 9.69 Å². The summed E-state index contributed by atoms with van der Waals surface area (Å²) < 4.78 is 17.4. The molecule has 0 bridgehead atoms. The third-order valence-corrected chi connectivity index (χ3v) is 8.29. The van der Waals surface area contributed by atoms with Gasteiger partial charge in [0.25, 0.3) is 5.91 Å². The molecule has 0 N–H and O–H groups in total. The molecule has 9 nitrogen and oxygen atoms in total. The molecule has 2 amide bonds. The number of thiazole rings is 1. The van der Waals surface area contributed by atoms with Crippen LogP contribution in [0.5, 0.6) is 5.75 Å². The van der Waals surface area contributed by atoms with E-state index in [1.54, 1.807) is 31.1 Å². The molecule has 2 aromatic carbocycles. The van der Waals surface area contributed by atoms with Crippen molar-refractivity contribution in [3.8, 4) is 5.75 Å². The van der Waals surface area contributed by atoms with Gasteiger partial charge in [0, 0.05) is 52.1 Å². The van der Waals surface area contributed by atoms with Crippen LogP contribution in [0.2, 0.25) is 0 Å². The summed E-state index contributed by atoms with van der Waals surface area (Å²) in [6.45, 7) is 8.31. The Bertz CT molecular complexity index is 1330. The highest BCUT2D eigenvalue weighted by atomic mass is 32.1. The van der Waals surface area contributed by atoms with Gasteiger partial charge in [-0.25, -0.2) is 9.78 Å². The molecule has 1 saturated heterocycles. The Morgan fingerprint density at radius 1 is 1.05 bits per heavy atom. The Kier molecular flexibility index (Phi) is 9.20. The van der Waals surface area contributed by atoms with E-state index in [4.69, 9.17) is 19.2 Å². The van der Waals surface area contributed by atoms with Gasteiger partial charge in [0.2, 0.25) is 0 Å². The number of nitrogens with zero attached hydrogens (tertiary/aromatic N) is 4. The second-order valence-corrected chi connectivity index (χ2v) is 12.1. The quantitative estimate of drug-likeness (QED) is 0.341. The lowest BCUT2D eigenvalue weighted by Crippen LogP contribution is -2.41. The Hall–Kier alpha value is -3.37. The zero-order valence-electron chi connectivity index (χ0n) is 24.5. The minimum atomic E-state index is -0.513. The molecule has 0 spiro atoms. The number of ether oxygens (including phenoxy) is 3. The first-order valence-corrected chi connectivity index (χ1v) is 14.4. The van der Waals surface area contributed by atoms with Crippen molar-refractivity contribution in [3.63, 3.8) is 0 Å². The van der Waals surface area contributed by atoms with Crippen LogP contribution in [0.15, 0.2) is 36.4 Å². The average Bonchev–Trinajstić information content (AvgIpc) is 3.39. The number of likely N-dealkylation sites (N-methyl/N-ethyl adjacent to an activating group) is 1. The average molecular weight is 569 g/mol. The van der Waals surface area contributed by atoms with Crippen LogP contribution >= 0.6 is 11.3 Å². The third-order valence-electron chi connectivity index (χ3n) is 7.11. The minimum Gasteiger partial charge on any atom is -0.494 e. The van der Waals surface area contributed by atoms with Gasteiger partial charge < -0.3 is 24.0 Å². The number of likely N-dealkylation sites (tertiary alicyclic amines) is 1. The largest absolute Gasteiger partial charge is 0.494 e. The molecule has 1 aliphatic rings. The molecule has 1 fully saturated rings. The van der Waals surface area contributed by atoms with E-state index in [1.165, 1.54) is 16.9 Å². The molecule has 1 aromatic heterocycles. The second-order valence-electron chi connectivity index (χ2n) is 11.1. The van der Waals surface area contributed by atoms with Gasteiger partial charge in [0.15, 0.2) is 5.13 Å². The number of rotatable bonds is 8. The molecule has 1 aliphatic heterocycles. The zero-order chi connectivity index (χ0) is 29.0. The van der Waals surface area contributed by atoms with Crippen molar-refractivity contribution < 1.29 is 23.8 Å². The molecular weight excluding hydrogens is 528 g/mol. The Morgan fingerprint density at radius 2 is 1.73 bits per heavy atom. The van der Waals surface area contributed by atoms with E-state index in [9.17, 15) is 9.59 Å². The van der Waals surface area contributed by atoms with Crippen molar-refractivity contribution in [2.24, 2.45) is 0 Å². The number of hydrogen-bond acceptors (Lipinski definition) is 8. The summed E-state index contributed by atoms with van der Waals surface area (Å²) >= 11 is 1.50. The summed E-state index contributed by atoms with van der Waals surface area (Å²) in [5.41, 5.74) is 3.02. The predicted molar refractivity (Wildman–Crippen MR) is 160 cm³/mol. The highest BCUT2D eigenvalue weighted by Gasteiger charge is 2.30. The van der Waals surface area contributed by atoms with Crippen LogP contribution < -0.4 is 14.5 Å². The molecule has 0 radical (unpaired) electrons. The molecule has 0 saturated carbocycles. The summed E-state index contributed by atoms with van der Waals surface area (Å²) in [6.07, 6.45) is 1.39. The fourth-order valence-corrected chi connectivity index (χ4v) is 5.95. The van der Waals surface area contributed by atoms with Crippen LogP contribution in [-0.2, 0) is 9.47 Å². The molecule has 10 heteroatoms. The Morgan fingerprint density at radius 3 is 2.33 bits per heavy atom. The number of benzene rings is 2. The molecule has 40 heavy (non-hydrogen) atoms. The highest BCUT2D eigenvalue weighted by molar-refractivity contribution is 7.22. The number of hydrogen-bond donors (Lipinski definition) is 0. The number of carbonyl (C=O) groups is 2. The standard InChI is InChI=1S/C30H40N4O5S/c1-30(2,3)39-29(36)34-16-14-20(15-17-34)23-12-13-24(38-7)25-26(23)40-28(31-25)33(5)27(35)21-8-10-22(11-9-21)32(4)18-19-37-6/h8-13,20H,14-19H2,1-7H3. The molecule has 216 valence electrons. The van der Waals surface area contributed by atoms with Gasteiger partial charge in [-0.05, 0) is 75.4 Å². The van der Waals surface area contributed by atoms with Gasteiger partial charge >= 0.3 is 6.09 Å². The van der Waals surface area contributed by atoms with Crippen LogP contribution in [0, 0.1) is 0 Å². The lowest BCUT2D eigenvalue weighted by molar-refractivity contribution is 0.0205. The van der Waals surface area contributed by atoms with Crippen molar-refractivity contribution >= 4 is 44.4 Å². The van der Waals surface area contributed by atoms with Crippen LogP contribution in [0.1, 0.15) is 55.5 Å². The third kappa shape index (κ3) is 6.67. The maximum absolute atomic E-state index is 13.4. The van der Waals surface area contributed by atoms with Crippen LogP contribution in [0.25, 0.3) is 10.2 Å². The van der Waals surface area contributed by atoms with Gasteiger partial charge in [0.1, 0.15) is 16.9 Å². The Balaban J connectivity index is 1.53. The van der Waals surface area contributed by atoms with Crippen molar-refractivity contribution in [2.75, 3.05) is 64.4 Å². The van der Waals surface area contributed by atoms with E-state index < -0.39 is 5.60 Å². The SMILES string of the molecule is COCCN(C)c1ccc(C(=O)N(C)c2nc3c(OC)ccc(C4CCN(C(=O)OC(C)(C)C)CC4)c3s2)cc1. The van der Waals surface area contributed by atoms with E-state index >= 15 is 0 Å². The zero-order valence-corrected chi connectivity index (χ0v) is 25.3. The van der Waals surface area contributed by atoms with Crippen molar-refractivity contribution in [1.82, 2.24) is 9.88 Å². The molecule has 2 heterocycles. The highest BCUT2D eigenvalue weighted by Crippen LogP contribution is 2.42. The summed E-state index contributed by atoms with van der Waals surface area (Å²) in [7, 11) is 7.06. The maximum atomic E-state index is 13.4. The Labute approximate surface area is 240 Å². The first-order valence-electron chi connectivity index (χ1n) is 13.6. The van der Waals surface area contributed by atoms with Gasteiger partial charge in [-0.1, -0.05) is 17.4 Å². The second kappa shape index (κ2) is 12.4. The fraction of sp³-hybridized carbons (Fsp3) is 0.500. The van der Waals surface area contributed by atoms with E-state index in [-0.39, 0.29) is 17.9 Å². The van der Waals surface area contributed by atoms with Gasteiger partial charge in [-0.15, -0.1) is 0 Å².